The first kappa shape index (κ1) is 51.8. The average Bonchev–Trinajstić information content (AvgIpc) is 4.35. The van der Waals surface area contributed by atoms with Gasteiger partial charge in [0.25, 0.3) is 17.7 Å². The molecule has 0 saturated carbocycles. The van der Waals surface area contributed by atoms with Crippen LogP contribution in [0.25, 0.3) is 34.0 Å². The van der Waals surface area contributed by atoms with Crippen molar-refractivity contribution < 1.29 is 28.0 Å². The lowest BCUT2D eigenvalue weighted by Gasteiger charge is -2.32. The highest BCUT2D eigenvalue weighted by atomic mass is 79.9. The molecule has 76 heavy (non-hydrogen) atoms. The van der Waals surface area contributed by atoms with Gasteiger partial charge >= 0.3 is 0 Å². The number of piperidine rings is 1. The van der Waals surface area contributed by atoms with Gasteiger partial charge in [0.15, 0.2) is 17.3 Å². The summed E-state index contributed by atoms with van der Waals surface area (Å²) in [7, 11) is 0. The number of hydrogen-bond donors (Lipinski definition) is 0. The fourth-order valence-corrected chi connectivity index (χ4v) is 10.8. The number of aromatic nitrogens is 4. The van der Waals surface area contributed by atoms with E-state index in [1.807, 2.05) is 118 Å². The SMILES string of the molecule is O=C(c1cnoc1-c1ccc(Br)cc1)N1CCC(c2ccccn2)C1.O=C(c1cnoc1-c1ccccc1Cl)N1CCC(c2ccccc2)CC1.O=C(c1cnoc1-c1ccccc1Cl)N1CCCC1c1ccccc1. The van der Waals surface area contributed by atoms with Gasteiger partial charge in [-0.05, 0) is 110 Å². The normalized spacial score (nSPS) is 16.4. The van der Waals surface area contributed by atoms with Crippen LogP contribution in [0.3, 0.4) is 0 Å². The fraction of sp³-hybridized carbons (Fsp3) is 0.217. The first-order chi connectivity index (χ1) is 37.2. The minimum absolute atomic E-state index is 0.0439. The minimum atomic E-state index is -0.0671. The fourth-order valence-electron chi connectivity index (χ4n) is 10.1. The monoisotopic (exact) mass is 1120 g/mol. The van der Waals surface area contributed by atoms with Crippen molar-refractivity contribution >= 4 is 56.9 Å². The molecule has 7 heterocycles. The van der Waals surface area contributed by atoms with Crippen LogP contribution in [0.4, 0.5) is 0 Å². The predicted molar refractivity (Wildman–Crippen MR) is 295 cm³/mol. The van der Waals surface area contributed by atoms with Gasteiger partial charge in [0.1, 0.15) is 16.7 Å². The van der Waals surface area contributed by atoms with E-state index >= 15 is 0 Å². The summed E-state index contributed by atoms with van der Waals surface area (Å²) in [6.45, 7) is 3.56. The predicted octanol–water partition coefficient (Wildman–Crippen LogP) is 14.1. The lowest BCUT2D eigenvalue weighted by atomic mass is 9.89. The van der Waals surface area contributed by atoms with E-state index < -0.39 is 0 Å². The molecule has 16 heteroatoms. The van der Waals surface area contributed by atoms with E-state index in [-0.39, 0.29) is 29.7 Å². The molecule has 12 rings (SSSR count). The largest absolute Gasteiger partial charge is 0.355 e. The van der Waals surface area contributed by atoms with Crippen molar-refractivity contribution in [1.29, 1.82) is 0 Å². The van der Waals surface area contributed by atoms with Crippen molar-refractivity contribution in [3.63, 3.8) is 0 Å². The summed E-state index contributed by atoms with van der Waals surface area (Å²) < 4.78 is 17.1. The Labute approximate surface area is 458 Å². The molecule has 3 aliphatic heterocycles. The van der Waals surface area contributed by atoms with Crippen molar-refractivity contribution in [2.75, 3.05) is 32.7 Å². The molecule has 2 atom stereocenters. The number of carbonyl (C=O) groups excluding carboxylic acids is 3. The molecule has 0 bridgehead atoms. The summed E-state index contributed by atoms with van der Waals surface area (Å²) in [4.78, 5) is 49.2. The summed E-state index contributed by atoms with van der Waals surface area (Å²) >= 11 is 15.9. The van der Waals surface area contributed by atoms with Gasteiger partial charge in [-0.1, -0.05) is 146 Å². The Balaban J connectivity index is 0.000000130. The second-order valence-corrected chi connectivity index (χ2v) is 20.4. The molecule has 0 spiro atoms. The molecule has 3 amide bonds. The topological polar surface area (TPSA) is 152 Å². The van der Waals surface area contributed by atoms with Crippen LogP contribution in [-0.4, -0.2) is 85.6 Å². The van der Waals surface area contributed by atoms with Gasteiger partial charge in [0.2, 0.25) is 0 Å². The molecular formula is C60H52BrCl2N7O6. The Morgan fingerprint density at radius 2 is 1.00 bits per heavy atom. The molecular weight excluding hydrogens is 1070 g/mol. The van der Waals surface area contributed by atoms with Crippen LogP contribution in [0.5, 0.6) is 0 Å². The number of amides is 3. The van der Waals surface area contributed by atoms with Gasteiger partial charge in [0, 0.05) is 71.7 Å². The van der Waals surface area contributed by atoms with Crippen LogP contribution in [-0.2, 0) is 0 Å². The number of likely N-dealkylation sites (tertiary alicyclic amines) is 3. The highest BCUT2D eigenvalue weighted by molar-refractivity contribution is 9.10. The molecule has 13 nitrogen and oxygen atoms in total. The maximum absolute atomic E-state index is 13.2. The molecule has 3 aliphatic rings. The number of nitrogens with zero attached hydrogens (tertiary/aromatic N) is 7. The highest BCUT2D eigenvalue weighted by Crippen LogP contribution is 2.38. The quantitative estimate of drug-likeness (QED) is 0.137. The van der Waals surface area contributed by atoms with Gasteiger partial charge in [-0.3, -0.25) is 19.4 Å². The number of rotatable bonds is 9. The van der Waals surface area contributed by atoms with Gasteiger partial charge in [0.05, 0.1) is 34.7 Å². The third kappa shape index (κ3) is 11.7. The smallest absolute Gasteiger partial charge is 0.259 e. The second kappa shape index (κ2) is 24.3. The average molecular weight is 1120 g/mol. The summed E-state index contributed by atoms with van der Waals surface area (Å²) in [5.74, 6) is 2.00. The molecule has 0 aliphatic carbocycles. The van der Waals surface area contributed by atoms with Crippen LogP contribution in [0.2, 0.25) is 10.0 Å². The standard InChI is InChI=1S/C21H19ClN2O2.C20H17ClN2O2.C19H16BrN3O2/c22-19-9-5-4-8-17(19)20-18(14-23-26-20)21(25)24-12-10-16(11-13-24)15-6-2-1-3-7-15;21-17-10-5-4-9-15(17)19-16(13-22-25-19)20(24)23-12-6-11-18(23)14-7-2-1-3-8-14;20-15-6-4-13(5-7-15)18-16(11-22-25-18)19(24)23-10-8-14(12-23)17-3-1-2-9-21-17/h1-9,14,16H,10-13H2;1-5,7-10,13,18H,6,11-12H2;1-7,9,11,14H,8,10,12H2. The molecule has 2 unspecified atom stereocenters. The van der Waals surface area contributed by atoms with Crippen molar-refractivity contribution in [3.05, 3.63) is 224 Å². The number of halogens is 3. The van der Waals surface area contributed by atoms with Crippen LogP contribution < -0.4 is 0 Å². The molecule has 0 N–H and O–H groups in total. The molecule has 384 valence electrons. The number of hydrogen-bond acceptors (Lipinski definition) is 10. The van der Waals surface area contributed by atoms with Crippen LogP contribution >= 0.6 is 39.1 Å². The zero-order valence-electron chi connectivity index (χ0n) is 41.3. The Bertz CT molecular complexity index is 3380. The molecule has 3 saturated heterocycles. The van der Waals surface area contributed by atoms with Crippen molar-refractivity contribution in [3.8, 4) is 34.0 Å². The van der Waals surface area contributed by atoms with Crippen molar-refractivity contribution in [2.45, 2.75) is 50.0 Å². The van der Waals surface area contributed by atoms with E-state index in [9.17, 15) is 14.4 Å². The molecule has 9 aromatic rings. The lowest BCUT2D eigenvalue weighted by molar-refractivity contribution is 0.0710. The summed E-state index contributed by atoms with van der Waals surface area (Å²) in [6, 6.07) is 48.9. The third-order valence-corrected chi connectivity index (χ3v) is 15.3. The first-order valence-electron chi connectivity index (χ1n) is 25.2. The maximum Gasteiger partial charge on any atom is 0.259 e. The second-order valence-electron chi connectivity index (χ2n) is 18.7. The van der Waals surface area contributed by atoms with Crippen LogP contribution in [0.1, 0.15) is 97.9 Å². The molecule has 4 aromatic heterocycles. The number of pyridine rings is 1. The highest BCUT2D eigenvalue weighted by Gasteiger charge is 2.35. The zero-order valence-corrected chi connectivity index (χ0v) is 44.4. The molecule has 3 fully saturated rings. The Morgan fingerprint density at radius 3 is 1.59 bits per heavy atom. The Kier molecular flexibility index (Phi) is 16.6. The lowest BCUT2D eigenvalue weighted by Crippen LogP contribution is -2.38. The van der Waals surface area contributed by atoms with E-state index in [1.54, 1.807) is 18.3 Å². The summed E-state index contributed by atoms with van der Waals surface area (Å²) in [6.07, 6.45) is 11.1. The summed E-state index contributed by atoms with van der Waals surface area (Å²) in [5, 5.41) is 12.6. The first-order valence-corrected chi connectivity index (χ1v) is 26.8. The minimum Gasteiger partial charge on any atom is -0.355 e. The summed E-state index contributed by atoms with van der Waals surface area (Å²) in [5.41, 5.74) is 7.18. The van der Waals surface area contributed by atoms with Gasteiger partial charge in [-0.15, -0.1) is 0 Å². The van der Waals surface area contributed by atoms with Crippen molar-refractivity contribution in [1.82, 2.24) is 35.2 Å². The van der Waals surface area contributed by atoms with E-state index in [4.69, 9.17) is 36.8 Å². The van der Waals surface area contributed by atoms with Crippen LogP contribution in [0, 0.1) is 0 Å². The Hall–Kier alpha value is -7.65. The van der Waals surface area contributed by atoms with Crippen LogP contribution in [0.15, 0.2) is 194 Å². The van der Waals surface area contributed by atoms with Crippen molar-refractivity contribution in [2.24, 2.45) is 0 Å². The Morgan fingerprint density at radius 1 is 0.500 bits per heavy atom. The van der Waals surface area contributed by atoms with E-state index in [0.29, 0.717) is 74.2 Å². The van der Waals surface area contributed by atoms with E-state index in [0.717, 1.165) is 73.0 Å². The maximum atomic E-state index is 13.2. The third-order valence-electron chi connectivity index (χ3n) is 14.1. The van der Waals surface area contributed by atoms with Gasteiger partial charge < -0.3 is 28.3 Å². The van der Waals surface area contributed by atoms with Gasteiger partial charge in [-0.2, -0.15) is 0 Å². The molecule has 5 aromatic carbocycles. The molecule has 0 radical (unpaired) electrons. The zero-order chi connectivity index (χ0) is 52.4. The van der Waals surface area contributed by atoms with E-state index in [1.165, 1.54) is 24.2 Å². The van der Waals surface area contributed by atoms with Gasteiger partial charge in [-0.25, -0.2) is 0 Å². The van der Waals surface area contributed by atoms with E-state index in [2.05, 4.69) is 72.8 Å². The number of carbonyl (C=O) groups is 3. The number of benzene rings is 5.